The Morgan fingerprint density at radius 3 is 2.21 bits per heavy atom. The largest absolute Gasteiger partial charge is 0.0999 e. The van der Waals surface area contributed by atoms with Crippen molar-refractivity contribution in [3.63, 3.8) is 0 Å². The first-order valence-corrected chi connectivity index (χ1v) is 5.84. The van der Waals surface area contributed by atoms with Gasteiger partial charge in [0, 0.05) is 0 Å². The van der Waals surface area contributed by atoms with Gasteiger partial charge in [0.2, 0.25) is 0 Å². The van der Waals surface area contributed by atoms with Crippen LogP contribution in [0.3, 0.4) is 0 Å². The molecule has 0 amide bonds. The lowest BCUT2D eigenvalue weighted by Gasteiger charge is -2.36. The highest BCUT2D eigenvalue weighted by Gasteiger charge is 2.29. The van der Waals surface area contributed by atoms with E-state index in [0.29, 0.717) is 5.92 Å². The minimum absolute atomic E-state index is 0.664. The molecule has 0 aromatic heterocycles. The number of hydrogen-bond donors (Lipinski definition) is 0. The van der Waals surface area contributed by atoms with E-state index in [9.17, 15) is 0 Å². The monoisotopic (exact) mass is 192 g/mol. The maximum absolute atomic E-state index is 4.14. The average Bonchev–Trinajstić information content (AvgIpc) is 2.16. The highest BCUT2D eigenvalue weighted by Crippen LogP contribution is 2.40. The van der Waals surface area contributed by atoms with Gasteiger partial charge in [0.15, 0.2) is 0 Å². The van der Waals surface area contributed by atoms with E-state index in [-0.39, 0.29) is 0 Å². The van der Waals surface area contributed by atoms with Crippen molar-refractivity contribution in [2.75, 3.05) is 0 Å². The Balaban J connectivity index is 2.72. The molecule has 0 heteroatoms. The first-order chi connectivity index (χ1) is 6.54. The summed E-state index contributed by atoms with van der Waals surface area (Å²) in [7, 11) is 0. The summed E-state index contributed by atoms with van der Waals surface area (Å²) in [5.41, 5.74) is 2.71. The van der Waals surface area contributed by atoms with E-state index in [1.807, 2.05) is 0 Å². The van der Waals surface area contributed by atoms with E-state index in [1.165, 1.54) is 36.8 Å². The molecule has 1 rings (SSSR count). The van der Waals surface area contributed by atoms with Gasteiger partial charge >= 0.3 is 0 Å². The van der Waals surface area contributed by atoms with Gasteiger partial charge in [-0.1, -0.05) is 44.1 Å². The van der Waals surface area contributed by atoms with E-state index < -0.39 is 0 Å². The van der Waals surface area contributed by atoms with Gasteiger partial charge in [0.25, 0.3) is 0 Å². The van der Waals surface area contributed by atoms with Crippen molar-refractivity contribution in [1.82, 2.24) is 0 Å². The predicted molar refractivity (Wildman–Crippen MR) is 64.2 cm³/mol. The fraction of sp³-hybridized carbons (Fsp3) is 0.714. The summed E-state index contributed by atoms with van der Waals surface area (Å²) >= 11 is 0. The Morgan fingerprint density at radius 1 is 1.14 bits per heavy atom. The molecular weight excluding hydrogens is 168 g/mol. The molecule has 1 saturated carbocycles. The van der Waals surface area contributed by atoms with Crippen molar-refractivity contribution < 1.29 is 0 Å². The van der Waals surface area contributed by atoms with Gasteiger partial charge in [-0.05, 0) is 44.4 Å². The van der Waals surface area contributed by atoms with E-state index in [0.717, 1.165) is 11.8 Å². The van der Waals surface area contributed by atoms with Crippen LogP contribution in [0, 0.1) is 17.8 Å². The summed E-state index contributed by atoms with van der Waals surface area (Å²) in [6.07, 6.45) is 5.49. The van der Waals surface area contributed by atoms with Gasteiger partial charge in [0.05, 0.1) is 0 Å². The maximum Gasteiger partial charge on any atom is -0.0175 e. The molecule has 1 aliphatic rings. The molecule has 0 saturated heterocycles. The van der Waals surface area contributed by atoms with Crippen molar-refractivity contribution in [1.29, 1.82) is 0 Å². The molecule has 0 aromatic carbocycles. The fourth-order valence-electron chi connectivity index (χ4n) is 2.74. The molecule has 1 fully saturated rings. The van der Waals surface area contributed by atoms with Crippen molar-refractivity contribution in [2.45, 2.75) is 46.5 Å². The fourth-order valence-corrected chi connectivity index (χ4v) is 2.74. The molecule has 80 valence electrons. The highest BCUT2D eigenvalue weighted by molar-refractivity contribution is 5.06. The van der Waals surface area contributed by atoms with Crippen LogP contribution < -0.4 is 0 Å². The van der Waals surface area contributed by atoms with Crippen LogP contribution in [0.25, 0.3) is 0 Å². The van der Waals surface area contributed by atoms with Crippen molar-refractivity contribution in [3.8, 4) is 0 Å². The molecule has 0 radical (unpaired) electrons. The summed E-state index contributed by atoms with van der Waals surface area (Å²) < 4.78 is 0. The Bertz CT molecular complexity index is 224. The van der Waals surface area contributed by atoms with Crippen LogP contribution in [0.5, 0.6) is 0 Å². The van der Waals surface area contributed by atoms with E-state index in [2.05, 4.69) is 33.9 Å². The molecular formula is C14H24. The SMILES string of the molecule is C=C(C)C(C)C1CCCCC1C(=C)C. The Morgan fingerprint density at radius 2 is 1.71 bits per heavy atom. The molecule has 14 heavy (non-hydrogen) atoms. The third-order valence-corrected chi connectivity index (χ3v) is 3.87. The minimum Gasteiger partial charge on any atom is -0.0999 e. The van der Waals surface area contributed by atoms with Crippen molar-refractivity contribution in [2.24, 2.45) is 17.8 Å². The van der Waals surface area contributed by atoms with Crippen LogP contribution >= 0.6 is 0 Å². The number of rotatable bonds is 3. The molecule has 3 atom stereocenters. The maximum atomic E-state index is 4.14. The summed E-state index contributed by atoms with van der Waals surface area (Å²) in [4.78, 5) is 0. The summed E-state index contributed by atoms with van der Waals surface area (Å²) in [6.45, 7) is 14.9. The zero-order valence-corrected chi connectivity index (χ0v) is 9.97. The molecule has 0 aliphatic heterocycles. The molecule has 1 aliphatic carbocycles. The third kappa shape index (κ3) is 2.50. The van der Waals surface area contributed by atoms with E-state index in [1.54, 1.807) is 0 Å². The third-order valence-electron chi connectivity index (χ3n) is 3.87. The van der Waals surface area contributed by atoms with Gasteiger partial charge in [-0.3, -0.25) is 0 Å². The first-order valence-electron chi connectivity index (χ1n) is 5.84. The molecule has 0 bridgehead atoms. The topological polar surface area (TPSA) is 0 Å². The summed E-state index contributed by atoms with van der Waals surface area (Å²) in [6, 6.07) is 0. The molecule has 0 nitrogen and oxygen atoms in total. The highest BCUT2D eigenvalue weighted by atomic mass is 14.3. The van der Waals surface area contributed by atoms with Crippen LogP contribution in [-0.2, 0) is 0 Å². The Labute approximate surface area is 89.1 Å². The standard InChI is InChI=1S/C14H24/c1-10(2)12(5)14-9-7-6-8-13(14)11(3)4/h12-14H,1,3,6-9H2,2,4-5H3. The van der Waals surface area contributed by atoms with Crippen molar-refractivity contribution in [3.05, 3.63) is 24.3 Å². The first kappa shape index (κ1) is 11.6. The van der Waals surface area contributed by atoms with Gasteiger partial charge in [-0.15, -0.1) is 0 Å². The normalized spacial score (nSPS) is 29.6. The second-order valence-electron chi connectivity index (χ2n) is 5.04. The summed E-state index contributed by atoms with van der Waals surface area (Å²) in [5, 5.41) is 0. The quantitative estimate of drug-likeness (QED) is 0.574. The van der Waals surface area contributed by atoms with E-state index >= 15 is 0 Å². The lowest BCUT2D eigenvalue weighted by Crippen LogP contribution is -2.26. The molecule has 3 unspecified atom stereocenters. The van der Waals surface area contributed by atoms with Crippen LogP contribution in [0.1, 0.15) is 46.5 Å². The van der Waals surface area contributed by atoms with Crippen LogP contribution in [-0.4, -0.2) is 0 Å². The van der Waals surface area contributed by atoms with E-state index in [4.69, 9.17) is 0 Å². The molecule has 0 spiro atoms. The smallest absolute Gasteiger partial charge is 0.0175 e. The number of allylic oxidation sites excluding steroid dienone is 2. The Hall–Kier alpha value is -0.520. The summed E-state index contributed by atoms with van der Waals surface area (Å²) in [5.74, 6) is 2.21. The molecule has 0 N–H and O–H groups in total. The van der Waals surface area contributed by atoms with Crippen LogP contribution in [0.2, 0.25) is 0 Å². The Kier molecular flexibility index (Phi) is 3.97. The lowest BCUT2D eigenvalue weighted by molar-refractivity contribution is 0.218. The minimum atomic E-state index is 0.664. The second-order valence-corrected chi connectivity index (χ2v) is 5.04. The molecule has 0 heterocycles. The zero-order chi connectivity index (χ0) is 10.7. The lowest BCUT2D eigenvalue weighted by atomic mass is 9.69. The zero-order valence-electron chi connectivity index (χ0n) is 9.97. The van der Waals surface area contributed by atoms with Crippen molar-refractivity contribution >= 4 is 0 Å². The van der Waals surface area contributed by atoms with Gasteiger partial charge in [0.1, 0.15) is 0 Å². The van der Waals surface area contributed by atoms with Crippen LogP contribution in [0.4, 0.5) is 0 Å². The second kappa shape index (κ2) is 4.82. The van der Waals surface area contributed by atoms with Crippen LogP contribution in [0.15, 0.2) is 24.3 Å². The van der Waals surface area contributed by atoms with Gasteiger partial charge < -0.3 is 0 Å². The predicted octanol–water partition coefficient (Wildman–Crippen LogP) is 4.58. The number of hydrogen-bond acceptors (Lipinski definition) is 0. The van der Waals surface area contributed by atoms with Gasteiger partial charge in [-0.25, -0.2) is 0 Å². The average molecular weight is 192 g/mol. The van der Waals surface area contributed by atoms with Gasteiger partial charge in [-0.2, -0.15) is 0 Å². The molecule has 0 aromatic rings.